The van der Waals surface area contributed by atoms with E-state index in [-0.39, 0.29) is 12.6 Å². The minimum absolute atomic E-state index is 0.257. The predicted molar refractivity (Wildman–Crippen MR) is 47.3 cm³/mol. The SMILES string of the molecule is [C-]#[N+]CC([N+]#[C-])c1ccccc1. The van der Waals surface area contributed by atoms with Gasteiger partial charge in [-0.1, -0.05) is 30.3 Å². The molecule has 2 nitrogen and oxygen atoms in total. The quantitative estimate of drug-likeness (QED) is 0.582. The average Bonchev–Trinajstić information content (AvgIpc) is 2.15. The van der Waals surface area contributed by atoms with Gasteiger partial charge in [0.2, 0.25) is 0 Å². The molecule has 0 radical (unpaired) electrons. The van der Waals surface area contributed by atoms with Gasteiger partial charge in [0, 0.05) is 5.56 Å². The molecule has 0 heterocycles. The van der Waals surface area contributed by atoms with Crippen LogP contribution in [0.3, 0.4) is 0 Å². The van der Waals surface area contributed by atoms with E-state index in [1.807, 2.05) is 30.3 Å². The number of hydrogen-bond donors (Lipinski definition) is 0. The zero-order valence-electron chi connectivity index (χ0n) is 6.57. The van der Waals surface area contributed by atoms with Crippen molar-refractivity contribution in [3.63, 3.8) is 0 Å². The molecule has 0 spiro atoms. The minimum atomic E-state index is -0.288. The van der Waals surface area contributed by atoms with Crippen LogP contribution in [0.4, 0.5) is 0 Å². The molecule has 1 unspecified atom stereocenters. The first-order chi connectivity index (χ1) is 5.88. The zero-order valence-corrected chi connectivity index (χ0v) is 6.57. The lowest BCUT2D eigenvalue weighted by atomic mass is 10.1. The van der Waals surface area contributed by atoms with Gasteiger partial charge in [0.25, 0.3) is 6.54 Å². The molecule has 1 aromatic rings. The van der Waals surface area contributed by atoms with Crippen LogP contribution in [0, 0.1) is 13.1 Å². The molecule has 2 heteroatoms. The topological polar surface area (TPSA) is 8.72 Å². The lowest BCUT2D eigenvalue weighted by molar-refractivity contribution is 0.920. The summed E-state index contributed by atoms with van der Waals surface area (Å²) in [5, 5.41) is 0. The maximum Gasteiger partial charge on any atom is 0.319 e. The molecule has 0 fully saturated rings. The summed E-state index contributed by atoms with van der Waals surface area (Å²) in [6.45, 7) is 13.8. The molecule has 0 aromatic heterocycles. The Hall–Kier alpha value is -1.80. The molecule has 0 amide bonds. The van der Waals surface area contributed by atoms with Gasteiger partial charge >= 0.3 is 6.04 Å². The third kappa shape index (κ3) is 1.84. The highest BCUT2D eigenvalue weighted by molar-refractivity contribution is 5.22. The smallest absolute Gasteiger partial charge is 0.308 e. The Bertz CT molecular complexity index is 316. The van der Waals surface area contributed by atoms with E-state index in [1.165, 1.54) is 0 Å². The molecule has 58 valence electrons. The van der Waals surface area contributed by atoms with Crippen molar-refractivity contribution in [2.75, 3.05) is 6.54 Å². The second kappa shape index (κ2) is 4.16. The largest absolute Gasteiger partial charge is 0.319 e. The Morgan fingerprint density at radius 2 is 1.83 bits per heavy atom. The van der Waals surface area contributed by atoms with Crippen molar-refractivity contribution in [3.05, 3.63) is 58.7 Å². The fourth-order valence-corrected chi connectivity index (χ4v) is 0.982. The summed E-state index contributed by atoms with van der Waals surface area (Å²) in [6, 6.07) is 9.16. The van der Waals surface area contributed by atoms with Crippen LogP contribution in [0.2, 0.25) is 0 Å². The van der Waals surface area contributed by atoms with Crippen LogP contribution in [0.1, 0.15) is 11.6 Å². The minimum Gasteiger partial charge on any atom is -0.308 e. The first-order valence-corrected chi connectivity index (χ1v) is 3.63. The summed E-state index contributed by atoms with van der Waals surface area (Å²) in [4.78, 5) is 6.60. The third-order valence-electron chi connectivity index (χ3n) is 1.60. The molecule has 0 bridgehead atoms. The first-order valence-electron chi connectivity index (χ1n) is 3.63. The Kier molecular flexibility index (Phi) is 2.87. The van der Waals surface area contributed by atoms with Crippen LogP contribution in [0.15, 0.2) is 30.3 Å². The van der Waals surface area contributed by atoms with Gasteiger partial charge in [0.15, 0.2) is 0 Å². The molecule has 0 saturated carbocycles. The highest BCUT2D eigenvalue weighted by Gasteiger charge is 2.17. The lowest BCUT2D eigenvalue weighted by Gasteiger charge is -1.97. The summed E-state index contributed by atoms with van der Waals surface area (Å²) in [7, 11) is 0. The maximum absolute atomic E-state index is 6.88. The summed E-state index contributed by atoms with van der Waals surface area (Å²) in [6.07, 6.45) is 0. The summed E-state index contributed by atoms with van der Waals surface area (Å²) >= 11 is 0. The highest BCUT2D eigenvalue weighted by Crippen LogP contribution is 2.16. The number of rotatable bonds is 2. The van der Waals surface area contributed by atoms with E-state index < -0.39 is 0 Å². The van der Waals surface area contributed by atoms with Crippen LogP contribution >= 0.6 is 0 Å². The van der Waals surface area contributed by atoms with Crippen LogP contribution in [-0.4, -0.2) is 6.54 Å². The van der Waals surface area contributed by atoms with Crippen LogP contribution in [0.5, 0.6) is 0 Å². The van der Waals surface area contributed by atoms with Gasteiger partial charge in [-0.3, -0.25) is 0 Å². The van der Waals surface area contributed by atoms with Crippen molar-refractivity contribution >= 4 is 0 Å². The first kappa shape index (κ1) is 8.30. The number of hydrogen-bond acceptors (Lipinski definition) is 0. The molecular formula is C10H8N2. The van der Waals surface area contributed by atoms with Crippen molar-refractivity contribution < 1.29 is 0 Å². The van der Waals surface area contributed by atoms with E-state index >= 15 is 0 Å². The maximum atomic E-state index is 6.88. The fraction of sp³-hybridized carbons (Fsp3) is 0.200. The molecule has 1 aromatic carbocycles. The van der Waals surface area contributed by atoms with Gasteiger partial charge in [-0.2, -0.15) is 0 Å². The van der Waals surface area contributed by atoms with Gasteiger partial charge in [0.05, 0.1) is 0 Å². The van der Waals surface area contributed by atoms with Gasteiger partial charge < -0.3 is 9.69 Å². The molecular weight excluding hydrogens is 148 g/mol. The van der Waals surface area contributed by atoms with E-state index in [4.69, 9.17) is 13.1 Å². The van der Waals surface area contributed by atoms with Crippen molar-refractivity contribution in [1.82, 2.24) is 0 Å². The molecule has 12 heavy (non-hydrogen) atoms. The van der Waals surface area contributed by atoms with Crippen molar-refractivity contribution in [1.29, 1.82) is 0 Å². The molecule has 1 atom stereocenters. The standard InChI is InChI=1S/C10H8N2/c1-11-8-10(12-2)9-6-4-3-5-7-9/h3-7,10H,8H2. The molecule has 0 aliphatic heterocycles. The normalized spacial score (nSPS) is 11.2. The molecule has 0 aliphatic rings. The summed E-state index contributed by atoms with van der Waals surface area (Å²) in [5.41, 5.74) is 0.934. The second-order valence-corrected chi connectivity index (χ2v) is 2.40. The van der Waals surface area contributed by atoms with Gasteiger partial charge in [-0.15, -0.1) is 0 Å². The predicted octanol–water partition coefficient (Wildman–Crippen LogP) is 2.57. The summed E-state index contributed by atoms with van der Waals surface area (Å²) in [5.74, 6) is 0. The lowest BCUT2D eigenvalue weighted by Crippen LogP contribution is -1.94. The number of nitrogens with zero attached hydrogens (tertiary/aromatic N) is 2. The average molecular weight is 156 g/mol. The van der Waals surface area contributed by atoms with Gasteiger partial charge in [0.1, 0.15) is 0 Å². The monoisotopic (exact) mass is 156 g/mol. The van der Waals surface area contributed by atoms with E-state index in [0.717, 1.165) is 5.56 Å². The van der Waals surface area contributed by atoms with E-state index in [1.54, 1.807) is 0 Å². The third-order valence-corrected chi connectivity index (χ3v) is 1.60. The summed E-state index contributed by atoms with van der Waals surface area (Å²) < 4.78 is 0. The molecule has 0 saturated heterocycles. The van der Waals surface area contributed by atoms with Gasteiger partial charge in [-0.05, 0) is 0 Å². The molecule has 0 N–H and O–H groups in total. The van der Waals surface area contributed by atoms with Crippen LogP contribution in [-0.2, 0) is 0 Å². The van der Waals surface area contributed by atoms with E-state index in [9.17, 15) is 0 Å². The van der Waals surface area contributed by atoms with Crippen LogP contribution < -0.4 is 0 Å². The Labute approximate surface area is 72.1 Å². The van der Waals surface area contributed by atoms with E-state index in [0.29, 0.717) is 0 Å². The Morgan fingerprint density at radius 1 is 1.17 bits per heavy atom. The molecule has 0 aliphatic carbocycles. The van der Waals surface area contributed by atoms with E-state index in [2.05, 4.69) is 9.69 Å². The fourth-order valence-electron chi connectivity index (χ4n) is 0.982. The Morgan fingerprint density at radius 3 is 2.33 bits per heavy atom. The zero-order chi connectivity index (χ0) is 8.81. The van der Waals surface area contributed by atoms with Crippen molar-refractivity contribution in [3.8, 4) is 0 Å². The van der Waals surface area contributed by atoms with Crippen molar-refractivity contribution in [2.24, 2.45) is 0 Å². The molecule has 1 rings (SSSR count). The van der Waals surface area contributed by atoms with Crippen molar-refractivity contribution in [2.45, 2.75) is 6.04 Å². The second-order valence-electron chi connectivity index (χ2n) is 2.40. The number of benzene rings is 1. The van der Waals surface area contributed by atoms with Crippen LogP contribution in [0.25, 0.3) is 9.69 Å². The Balaban J connectivity index is 2.84. The van der Waals surface area contributed by atoms with Gasteiger partial charge in [-0.25, -0.2) is 13.1 Å². The highest BCUT2D eigenvalue weighted by atomic mass is 14.8.